The highest BCUT2D eigenvalue weighted by molar-refractivity contribution is 5.94. The first-order chi connectivity index (χ1) is 18.8. The number of carbonyl (C=O) groups is 4. The van der Waals surface area contributed by atoms with E-state index in [4.69, 9.17) is 10.5 Å². The van der Waals surface area contributed by atoms with E-state index in [9.17, 15) is 24.3 Å². The molecule has 226 valence electrons. The van der Waals surface area contributed by atoms with Crippen molar-refractivity contribution in [3.05, 3.63) is 29.3 Å². The first kappa shape index (κ1) is 34.7. The van der Waals surface area contributed by atoms with Gasteiger partial charge in [0.15, 0.2) is 0 Å². The van der Waals surface area contributed by atoms with E-state index in [2.05, 4.69) is 17.6 Å². The summed E-state index contributed by atoms with van der Waals surface area (Å²) in [7, 11) is 0. The van der Waals surface area contributed by atoms with Crippen LogP contribution in [-0.2, 0) is 19.1 Å². The summed E-state index contributed by atoms with van der Waals surface area (Å²) in [5, 5.41) is 15.5. The van der Waals surface area contributed by atoms with Gasteiger partial charge >= 0.3 is 6.09 Å². The van der Waals surface area contributed by atoms with Crippen LogP contribution in [0.3, 0.4) is 0 Å². The molecule has 1 aromatic rings. The number of phenolic OH excluding ortho intramolecular Hbond substituents is 1. The molecule has 0 radical (unpaired) electrons. The fourth-order valence-electron chi connectivity index (χ4n) is 4.29. The van der Waals surface area contributed by atoms with Gasteiger partial charge in [0.05, 0.1) is 6.42 Å². The van der Waals surface area contributed by atoms with E-state index in [-0.39, 0.29) is 18.2 Å². The standard InChI is InChI=1S/C30H50N4O6/c1-7-9-11-12-13-14-18-34(28(38)23(20-25(31)36)33-29(39)40-30(4,5)6)26(27(37)32-17-10-8-2)22-15-16-24(35)21(3)19-22/h15-16,19,23,26,35H,7-14,17-18,20H2,1-6H3,(H2,31,36)(H,32,37)(H,33,39). The zero-order valence-electron chi connectivity index (χ0n) is 25.2. The van der Waals surface area contributed by atoms with E-state index < -0.39 is 42.0 Å². The van der Waals surface area contributed by atoms with Gasteiger partial charge in [-0.05, 0) is 63.8 Å². The quantitative estimate of drug-likeness (QED) is 0.204. The molecule has 0 heterocycles. The molecule has 10 heteroatoms. The fourth-order valence-corrected chi connectivity index (χ4v) is 4.29. The number of phenols is 1. The summed E-state index contributed by atoms with van der Waals surface area (Å²) in [6.07, 6.45) is 6.10. The van der Waals surface area contributed by atoms with Crippen LogP contribution in [0.4, 0.5) is 4.79 Å². The summed E-state index contributed by atoms with van der Waals surface area (Å²) in [4.78, 5) is 53.7. The minimum Gasteiger partial charge on any atom is -0.508 e. The van der Waals surface area contributed by atoms with Crippen molar-refractivity contribution in [3.8, 4) is 5.75 Å². The van der Waals surface area contributed by atoms with Crippen LogP contribution in [0.1, 0.15) is 110 Å². The van der Waals surface area contributed by atoms with Crippen LogP contribution < -0.4 is 16.4 Å². The summed E-state index contributed by atoms with van der Waals surface area (Å²) in [6.45, 7) is 11.6. The second-order valence-corrected chi connectivity index (χ2v) is 11.3. The van der Waals surface area contributed by atoms with E-state index >= 15 is 0 Å². The van der Waals surface area contributed by atoms with Gasteiger partial charge in [-0.3, -0.25) is 14.4 Å². The van der Waals surface area contributed by atoms with Crippen molar-refractivity contribution in [2.24, 2.45) is 5.73 Å². The summed E-state index contributed by atoms with van der Waals surface area (Å²) in [5.41, 5.74) is 5.70. The molecule has 0 aliphatic carbocycles. The number of aryl methyl sites for hydroxylation is 1. The fraction of sp³-hybridized carbons (Fsp3) is 0.667. The van der Waals surface area contributed by atoms with Crippen molar-refractivity contribution < 1.29 is 29.0 Å². The molecule has 0 saturated heterocycles. The number of primary amides is 1. The summed E-state index contributed by atoms with van der Waals surface area (Å²) in [6, 6.07) is 2.40. The van der Waals surface area contributed by atoms with Crippen LogP contribution in [0, 0.1) is 6.92 Å². The maximum Gasteiger partial charge on any atom is 0.408 e. The number of nitrogens with one attached hydrogen (secondary N) is 2. The topological polar surface area (TPSA) is 151 Å². The van der Waals surface area contributed by atoms with Crippen molar-refractivity contribution in [2.45, 2.75) is 117 Å². The molecule has 1 aromatic carbocycles. The number of alkyl carbamates (subject to hydrolysis) is 1. The number of hydrogen-bond donors (Lipinski definition) is 4. The van der Waals surface area contributed by atoms with Gasteiger partial charge in [0.25, 0.3) is 0 Å². The van der Waals surface area contributed by atoms with Gasteiger partial charge in [-0.2, -0.15) is 0 Å². The molecule has 0 aliphatic rings. The maximum absolute atomic E-state index is 14.1. The molecule has 0 aromatic heterocycles. The van der Waals surface area contributed by atoms with E-state index in [0.29, 0.717) is 24.1 Å². The number of aromatic hydroxyl groups is 1. The predicted molar refractivity (Wildman–Crippen MR) is 156 cm³/mol. The second-order valence-electron chi connectivity index (χ2n) is 11.3. The lowest BCUT2D eigenvalue weighted by Gasteiger charge is -2.34. The number of amides is 4. The summed E-state index contributed by atoms with van der Waals surface area (Å²) in [5.74, 6) is -1.70. The molecule has 4 amide bonds. The van der Waals surface area contributed by atoms with E-state index in [1.165, 1.54) is 11.0 Å². The van der Waals surface area contributed by atoms with Crippen LogP contribution in [0.2, 0.25) is 0 Å². The third-order valence-corrected chi connectivity index (χ3v) is 6.36. The highest BCUT2D eigenvalue weighted by Crippen LogP contribution is 2.28. The van der Waals surface area contributed by atoms with Crippen LogP contribution in [0.25, 0.3) is 0 Å². The Morgan fingerprint density at radius 2 is 1.62 bits per heavy atom. The van der Waals surface area contributed by atoms with Gasteiger partial charge in [0.1, 0.15) is 23.4 Å². The van der Waals surface area contributed by atoms with Crippen molar-refractivity contribution in [2.75, 3.05) is 13.1 Å². The summed E-state index contributed by atoms with van der Waals surface area (Å²) < 4.78 is 5.32. The Morgan fingerprint density at radius 3 is 2.20 bits per heavy atom. The lowest BCUT2D eigenvalue weighted by molar-refractivity contribution is -0.143. The number of hydrogen-bond acceptors (Lipinski definition) is 6. The molecular weight excluding hydrogens is 512 g/mol. The van der Waals surface area contributed by atoms with Gasteiger partial charge in [0.2, 0.25) is 17.7 Å². The second kappa shape index (κ2) is 17.4. The number of carbonyl (C=O) groups excluding carboxylic acids is 4. The van der Waals surface area contributed by atoms with Gasteiger partial charge in [-0.1, -0.05) is 58.4 Å². The Hall–Kier alpha value is -3.30. The SMILES string of the molecule is CCCCCCCCN(C(=O)C(CC(N)=O)NC(=O)OC(C)(C)C)C(C(=O)NCCCC)c1ccc(O)c(C)c1. The Kier molecular flexibility index (Phi) is 15.1. The number of nitrogens with two attached hydrogens (primary N) is 1. The zero-order chi connectivity index (χ0) is 30.3. The average molecular weight is 563 g/mol. The monoisotopic (exact) mass is 562 g/mol. The van der Waals surface area contributed by atoms with Gasteiger partial charge in [-0.15, -0.1) is 0 Å². The van der Waals surface area contributed by atoms with E-state index in [0.717, 1.165) is 44.9 Å². The van der Waals surface area contributed by atoms with Crippen LogP contribution >= 0.6 is 0 Å². The molecule has 0 saturated carbocycles. The number of unbranched alkanes of at least 4 members (excludes halogenated alkanes) is 6. The molecular formula is C30H50N4O6. The lowest BCUT2D eigenvalue weighted by Crippen LogP contribution is -2.54. The third-order valence-electron chi connectivity index (χ3n) is 6.36. The highest BCUT2D eigenvalue weighted by Gasteiger charge is 2.36. The minimum absolute atomic E-state index is 0.0703. The third kappa shape index (κ3) is 12.7. The number of ether oxygens (including phenoxy) is 1. The van der Waals surface area contributed by atoms with E-state index in [1.54, 1.807) is 39.8 Å². The number of nitrogens with zero attached hydrogens (tertiary/aromatic N) is 1. The average Bonchev–Trinajstić information content (AvgIpc) is 2.85. The van der Waals surface area contributed by atoms with Crippen LogP contribution in [-0.4, -0.2) is 58.6 Å². The first-order valence-electron chi connectivity index (χ1n) is 14.5. The van der Waals surface area contributed by atoms with Gasteiger partial charge in [-0.25, -0.2) is 4.79 Å². The Labute approximate surface area is 239 Å². The molecule has 0 spiro atoms. The van der Waals surface area contributed by atoms with Crippen molar-refractivity contribution in [1.82, 2.24) is 15.5 Å². The highest BCUT2D eigenvalue weighted by atomic mass is 16.6. The van der Waals surface area contributed by atoms with Gasteiger partial charge in [0, 0.05) is 13.1 Å². The van der Waals surface area contributed by atoms with E-state index in [1.807, 2.05) is 6.92 Å². The molecule has 2 unspecified atom stereocenters. The number of rotatable bonds is 17. The Morgan fingerprint density at radius 1 is 1.00 bits per heavy atom. The van der Waals surface area contributed by atoms with Crippen molar-refractivity contribution in [3.63, 3.8) is 0 Å². The molecule has 0 aliphatic heterocycles. The molecule has 40 heavy (non-hydrogen) atoms. The Bertz CT molecular complexity index is 975. The lowest BCUT2D eigenvalue weighted by atomic mass is 9.99. The van der Waals surface area contributed by atoms with Crippen LogP contribution in [0.5, 0.6) is 5.75 Å². The maximum atomic E-state index is 14.1. The minimum atomic E-state index is -1.32. The molecule has 0 bridgehead atoms. The smallest absolute Gasteiger partial charge is 0.408 e. The largest absolute Gasteiger partial charge is 0.508 e. The summed E-state index contributed by atoms with van der Waals surface area (Å²) >= 11 is 0. The molecule has 2 atom stereocenters. The van der Waals surface area contributed by atoms with Crippen molar-refractivity contribution in [1.29, 1.82) is 0 Å². The molecule has 5 N–H and O–H groups in total. The van der Waals surface area contributed by atoms with Gasteiger partial charge < -0.3 is 31.1 Å². The molecule has 0 fully saturated rings. The number of benzene rings is 1. The van der Waals surface area contributed by atoms with Crippen molar-refractivity contribution >= 4 is 23.8 Å². The van der Waals surface area contributed by atoms with Crippen LogP contribution in [0.15, 0.2) is 18.2 Å². The molecule has 1 rings (SSSR count). The molecule has 10 nitrogen and oxygen atoms in total. The Balaban J connectivity index is 3.47. The normalized spacial score (nSPS) is 12.8. The first-order valence-corrected chi connectivity index (χ1v) is 14.5. The zero-order valence-corrected chi connectivity index (χ0v) is 25.2. The predicted octanol–water partition coefficient (Wildman–Crippen LogP) is 4.62.